The van der Waals surface area contributed by atoms with E-state index in [0.29, 0.717) is 24.5 Å². The van der Waals surface area contributed by atoms with E-state index in [1.54, 1.807) is 23.2 Å². The van der Waals surface area contributed by atoms with Crippen LogP contribution in [-0.4, -0.2) is 40.2 Å². The van der Waals surface area contributed by atoms with Gasteiger partial charge in [0.1, 0.15) is 6.10 Å². The zero-order chi connectivity index (χ0) is 14.7. The molecule has 0 saturated carbocycles. The Bertz CT molecular complexity index is 636. The van der Waals surface area contributed by atoms with Crippen LogP contribution in [0.15, 0.2) is 47.1 Å². The van der Waals surface area contributed by atoms with E-state index in [0.717, 1.165) is 10.9 Å². The van der Waals surface area contributed by atoms with Gasteiger partial charge < -0.3 is 9.64 Å². The average molecular weight is 348 g/mol. The zero-order valence-electron chi connectivity index (χ0n) is 11.3. The molecule has 0 spiro atoms. The molecule has 2 heterocycles. The number of halogens is 1. The van der Waals surface area contributed by atoms with Gasteiger partial charge in [-0.2, -0.15) is 5.10 Å². The molecule has 1 saturated heterocycles. The van der Waals surface area contributed by atoms with Gasteiger partial charge in [0.25, 0.3) is 5.91 Å². The third-order valence-electron chi connectivity index (χ3n) is 3.37. The average Bonchev–Trinajstić information content (AvgIpc) is 2.97. The van der Waals surface area contributed by atoms with Crippen molar-refractivity contribution in [2.75, 3.05) is 13.1 Å². The number of hydrogen-bond acceptors (Lipinski definition) is 4. The fraction of sp³-hybridized carbons (Fsp3) is 0.267. The maximum atomic E-state index is 12.5. The normalized spacial score (nSPS) is 17.8. The van der Waals surface area contributed by atoms with Gasteiger partial charge in [0.2, 0.25) is 5.88 Å². The Balaban J connectivity index is 1.65. The number of carbonyl (C=O) groups is 1. The number of nitrogens with zero attached hydrogens (tertiary/aromatic N) is 3. The highest BCUT2D eigenvalue weighted by molar-refractivity contribution is 9.10. The quantitative estimate of drug-likeness (QED) is 0.855. The van der Waals surface area contributed by atoms with Gasteiger partial charge in [-0.25, -0.2) is 0 Å². The van der Waals surface area contributed by atoms with Crippen molar-refractivity contribution in [3.8, 4) is 5.88 Å². The van der Waals surface area contributed by atoms with E-state index in [1.165, 1.54) is 0 Å². The Morgan fingerprint density at radius 1 is 1.29 bits per heavy atom. The second-order valence-electron chi connectivity index (χ2n) is 4.82. The lowest BCUT2D eigenvalue weighted by Gasteiger charge is -2.17. The molecule has 1 aliphatic heterocycles. The van der Waals surface area contributed by atoms with Gasteiger partial charge in [-0.1, -0.05) is 12.1 Å². The first-order valence-corrected chi connectivity index (χ1v) is 7.51. The number of ether oxygens (including phenoxy) is 1. The van der Waals surface area contributed by atoms with Gasteiger partial charge in [0, 0.05) is 29.7 Å². The van der Waals surface area contributed by atoms with Gasteiger partial charge >= 0.3 is 0 Å². The molecule has 1 aliphatic rings. The smallest absolute Gasteiger partial charge is 0.255 e. The molecule has 0 radical (unpaired) electrons. The fourth-order valence-electron chi connectivity index (χ4n) is 2.33. The third kappa shape index (κ3) is 3.21. The topological polar surface area (TPSA) is 55.3 Å². The second kappa shape index (κ2) is 6.22. The highest BCUT2D eigenvalue weighted by atomic mass is 79.9. The molecule has 1 aromatic carbocycles. The lowest BCUT2D eigenvalue weighted by Crippen LogP contribution is -2.31. The van der Waals surface area contributed by atoms with Crippen LogP contribution in [0, 0.1) is 0 Å². The summed E-state index contributed by atoms with van der Waals surface area (Å²) in [5.74, 6) is 0.519. The Hall–Kier alpha value is -1.95. The summed E-state index contributed by atoms with van der Waals surface area (Å²) in [6, 6.07) is 11.0. The van der Waals surface area contributed by atoms with Gasteiger partial charge in [-0.05, 0) is 34.1 Å². The van der Waals surface area contributed by atoms with Gasteiger partial charge in [-0.15, -0.1) is 5.10 Å². The Morgan fingerprint density at radius 3 is 2.90 bits per heavy atom. The van der Waals surface area contributed by atoms with Gasteiger partial charge in [0.05, 0.1) is 12.1 Å². The predicted molar refractivity (Wildman–Crippen MR) is 81.1 cm³/mol. The van der Waals surface area contributed by atoms with Gasteiger partial charge in [-0.3, -0.25) is 4.79 Å². The van der Waals surface area contributed by atoms with Crippen LogP contribution in [0.1, 0.15) is 16.8 Å². The lowest BCUT2D eigenvalue weighted by molar-refractivity contribution is 0.0770. The fourth-order valence-corrected chi connectivity index (χ4v) is 2.79. The molecule has 1 atom stereocenters. The molecule has 1 unspecified atom stereocenters. The molecule has 3 rings (SSSR count). The molecule has 1 fully saturated rings. The second-order valence-corrected chi connectivity index (χ2v) is 5.68. The molecule has 21 heavy (non-hydrogen) atoms. The number of aromatic nitrogens is 2. The number of rotatable bonds is 3. The van der Waals surface area contributed by atoms with Crippen LogP contribution in [0.2, 0.25) is 0 Å². The van der Waals surface area contributed by atoms with E-state index < -0.39 is 0 Å². The standard InChI is InChI=1S/C15H14BrN3O2/c16-13-5-2-1-4-12(13)15(20)19-9-7-11(10-19)21-14-6-3-8-17-18-14/h1-6,8,11H,7,9-10H2. The largest absolute Gasteiger partial charge is 0.471 e. The van der Waals surface area contributed by atoms with Crippen molar-refractivity contribution in [3.63, 3.8) is 0 Å². The first kappa shape index (κ1) is 14.0. The SMILES string of the molecule is O=C(c1ccccc1Br)N1CCC(Oc2cccnn2)C1. The summed E-state index contributed by atoms with van der Waals surface area (Å²) in [5.41, 5.74) is 0.678. The van der Waals surface area contributed by atoms with E-state index in [1.807, 2.05) is 24.3 Å². The first-order valence-electron chi connectivity index (χ1n) is 6.72. The van der Waals surface area contributed by atoms with Crippen LogP contribution in [0.5, 0.6) is 5.88 Å². The van der Waals surface area contributed by atoms with Crippen molar-refractivity contribution in [2.24, 2.45) is 0 Å². The van der Waals surface area contributed by atoms with Crippen molar-refractivity contribution >= 4 is 21.8 Å². The summed E-state index contributed by atoms with van der Waals surface area (Å²) in [7, 11) is 0. The molecule has 1 aromatic heterocycles. The number of benzene rings is 1. The molecule has 0 aliphatic carbocycles. The maximum absolute atomic E-state index is 12.5. The maximum Gasteiger partial charge on any atom is 0.255 e. The van der Waals surface area contributed by atoms with Crippen LogP contribution in [0.3, 0.4) is 0 Å². The highest BCUT2D eigenvalue weighted by Gasteiger charge is 2.29. The minimum atomic E-state index is -0.0341. The lowest BCUT2D eigenvalue weighted by atomic mass is 10.2. The number of likely N-dealkylation sites (tertiary alicyclic amines) is 1. The summed E-state index contributed by atoms with van der Waals surface area (Å²) in [4.78, 5) is 14.3. The van der Waals surface area contributed by atoms with Crippen LogP contribution in [0.25, 0.3) is 0 Å². The Kier molecular flexibility index (Phi) is 4.15. The van der Waals surface area contributed by atoms with Crippen LogP contribution >= 0.6 is 15.9 Å². The van der Waals surface area contributed by atoms with E-state index in [2.05, 4.69) is 26.1 Å². The van der Waals surface area contributed by atoms with Crippen molar-refractivity contribution in [2.45, 2.75) is 12.5 Å². The summed E-state index contributed by atoms with van der Waals surface area (Å²) in [6.45, 7) is 1.25. The zero-order valence-corrected chi connectivity index (χ0v) is 12.9. The number of hydrogen-bond donors (Lipinski definition) is 0. The summed E-state index contributed by atoms with van der Waals surface area (Å²) in [5, 5.41) is 7.68. The molecule has 1 amide bonds. The Morgan fingerprint density at radius 2 is 2.14 bits per heavy atom. The summed E-state index contributed by atoms with van der Waals surface area (Å²) >= 11 is 3.42. The summed E-state index contributed by atoms with van der Waals surface area (Å²) < 4.78 is 6.56. The van der Waals surface area contributed by atoms with Crippen molar-refractivity contribution in [1.82, 2.24) is 15.1 Å². The Labute approximate surface area is 131 Å². The molecule has 0 bridgehead atoms. The molecule has 0 N–H and O–H groups in total. The van der Waals surface area contributed by atoms with E-state index in [-0.39, 0.29) is 12.0 Å². The molecule has 2 aromatic rings. The molecule has 5 nitrogen and oxygen atoms in total. The minimum Gasteiger partial charge on any atom is -0.471 e. The van der Waals surface area contributed by atoms with Crippen molar-refractivity contribution < 1.29 is 9.53 Å². The van der Waals surface area contributed by atoms with Crippen LogP contribution in [-0.2, 0) is 0 Å². The molecular weight excluding hydrogens is 334 g/mol. The number of amides is 1. The predicted octanol–water partition coefficient (Wildman–Crippen LogP) is 2.53. The minimum absolute atomic E-state index is 0.0210. The highest BCUT2D eigenvalue weighted by Crippen LogP contribution is 2.22. The van der Waals surface area contributed by atoms with E-state index >= 15 is 0 Å². The van der Waals surface area contributed by atoms with Crippen molar-refractivity contribution in [1.29, 1.82) is 0 Å². The van der Waals surface area contributed by atoms with Gasteiger partial charge in [0.15, 0.2) is 0 Å². The molecule has 6 heteroatoms. The van der Waals surface area contributed by atoms with E-state index in [9.17, 15) is 4.79 Å². The van der Waals surface area contributed by atoms with E-state index in [4.69, 9.17) is 4.74 Å². The molecule has 108 valence electrons. The summed E-state index contributed by atoms with van der Waals surface area (Å²) in [6.07, 6.45) is 2.37. The monoisotopic (exact) mass is 347 g/mol. The first-order chi connectivity index (χ1) is 10.2. The van der Waals surface area contributed by atoms with Crippen LogP contribution < -0.4 is 4.74 Å². The van der Waals surface area contributed by atoms with Crippen molar-refractivity contribution in [3.05, 3.63) is 52.6 Å². The van der Waals surface area contributed by atoms with Crippen LogP contribution in [0.4, 0.5) is 0 Å². The number of carbonyl (C=O) groups excluding carboxylic acids is 1. The molecular formula is C15H14BrN3O2. The third-order valence-corrected chi connectivity index (χ3v) is 4.06.